The van der Waals surface area contributed by atoms with Gasteiger partial charge in [-0.3, -0.25) is 9.25 Å². The molecule has 4 rings (SSSR count). The minimum absolute atomic E-state index is 0.260. The fourth-order valence-corrected chi connectivity index (χ4v) is 4.07. The molecule has 32 heavy (non-hydrogen) atoms. The second-order valence-corrected chi connectivity index (χ2v) is 8.34. The molecule has 0 saturated carbocycles. The largest absolute Gasteiger partial charge is 0.494 e. The molecule has 10 heteroatoms. The van der Waals surface area contributed by atoms with Crippen molar-refractivity contribution in [3.63, 3.8) is 0 Å². The van der Waals surface area contributed by atoms with Crippen LogP contribution in [0.5, 0.6) is 11.5 Å². The van der Waals surface area contributed by atoms with Gasteiger partial charge in [-0.25, -0.2) is 4.98 Å². The van der Waals surface area contributed by atoms with Crippen LogP contribution >= 0.6 is 23.4 Å². The maximum absolute atomic E-state index is 6.40. The summed E-state index contributed by atoms with van der Waals surface area (Å²) in [6, 6.07) is 13.4. The van der Waals surface area contributed by atoms with Gasteiger partial charge in [-0.1, -0.05) is 29.4 Å². The Balaban J connectivity index is 1.53. The molecule has 0 fully saturated rings. The molecule has 0 aliphatic rings. The maximum Gasteiger partial charge on any atom is 0.196 e. The summed E-state index contributed by atoms with van der Waals surface area (Å²) in [7, 11) is 0. The summed E-state index contributed by atoms with van der Waals surface area (Å²) < 4.78 is 15.2. The lowest BCUT2D eigenvalue weighted by Crippen LogP contribution is -2.08. The number of hydrogen-bond donors (Lipinski definition) is 0. The molecule has 0 saturated heterocycles. The normalized spacial score (nSPS) is 11.0. The molecule has 0 amide bonds. The Hall–Kier alpha value is -3.04. The summed E-state index contributed by atoms with van der Waals surface area (Å²) in [5, 5.41) is 14.4. The lowest BCUT2D eigenvalue weighted by Gasteiger charge is -2.12. The second kappa shape index (κ2) is 10.5. The highest BCUT2D eigenvalue weighted by Crippen LogP contribution is 2.27. The van der Waals surface area contributed by atoms with E-state index in [0.29, 0.717) is 24.0 Å². The van der Waals surface area contributed by atoms with E-state index in [9.17, 15) is 0 Å². The minimum atomic E-state index is 0.260. The predicted molar refractivity (Wildman–Crippen MR) is 124 cm³/mol. The average molecular weight is 471 g/mol. The van der Waals surface area contributed by atoms with E-state index in [2.05, 4.69) is 20.3 Å². The van der Waals surface area contributed by atoms with Crippen LogP contribution in [0.3, 0.4) is 0 Å². The molecule has 4 aromatic rings. The third-order valence-corrected chi connectivity index (χ3v) is 5.95. The molecular formula is C22H23ClN6O2S. The van der Waals surface area contributed by atoms with Crippen molar-refractivity contribution in [1.82, 2.24) is 29.5 Å². The van der Waals surface area contributed by atoms with Crippen LogP contribution in [0.25, 0.3) is 5.69 Å². The van der Waals surface area contributed by atoms with Gasteiger partial charge >= 0.3 is 0 Å². The number of halogens is 1. The van der Waals surface area contributed by atoms with E-state index in [-0.39, 0.29) is 6.61 Å². The zero-order chi connectivity index (χ0) is 22.3. The molecule has 0 aliphatic heterocycles. The van der Waals surface area contributed by atoms with E-state index in [1.54, 1.807) is 22.8 Å². The lowest BCUT2D eigenvalue weighted by molar-refractivity contribution is 0.291. The Bertz CT molecular complexity index is 1150. The van der Waals surface area contributed by atoms with Crippen molar-refractivity contribution >= 4 is 23.4 Å². The van der Waals surface area contributed by atoms with Gasteiger partial charge in [0, 0.05) is 10.8 Å². The molecule has 0 radical (unpaired) electrons. The van der Waals surface area contributed by atoms with Crippen molar-refractivity contribution in [1.29, 1.82) is 0 Å². The summed E-state index contributed by atoms with van der Waals surface area (Å²) in [5.41, 5.74) is 1.90. The smallest absolute Gasteiger partial charge is 0.196 e. The van der Waals surface area contributed by atoms with Gasteiger partial charge in [0.2, 0.25) is 0 Å². The van der Waals surface area contributed by atoms with E-state index < -0.39 is 0 Å². The molecule has 0 spiro atoms. The number of ether oxygens (including phenoxy) is 2. The topological polar surface area (TPSA) is 79.9 Å². The summed E-state index contributed by atoms with van der Waals surface area (Å²) in [5.74, 6) is 2.98. The number of rotatable bonds is 10. The first-order chi connectivity index (χ1) is 15.6. The van der Waals surface area contributed by atoms with Crippen LogP contribution in [0.1, 0.15) is 18.3 Å². The standard InChI is InChI=1S/C22H23ClN6O2S/c1-3-30-18-6-8-19(9-7-18)31-13-21-26-27-22(32-11-10-28-15-24-14-25-28)29(21)17-5-4-16(2)20(23)12-17/h4-9,12,14-15H,3,10-11,13H2,1-2H3. The average Bonchev–Trinajstić information content (AvgIpc) is 3.46. The summed E-state index contributed by atoms with van der Waals surface area (Å²) in [4.78, 5) is 3.97. The number of aryl methyl sites for hydroxylation is 2. The van der Waals surface area contributed by atoms with E-state index in [1.165, 1.54) is 6.33 Å². The van der Waals surface area contributed by atoms with Crippen molar-refractivity contribution in [2.24, 2.45) is 0 Å². The highest BCUT2D eigenvalue weighted by molar-refractivity contribution is 7.99. The van der Waals surface area contributed by atoms with Crippen molar-refractivity contribution in [2.45, 2.75) is 32.2 Å². The van der Waals surface area contributed by atoms with Crippen LogP contribution < -0.4 is 9.47 Å². The highest BCUT2D eigenvalue weighted by Gasteiger charge is 2.16. The van der Waals surface area contributed by atoms with Gasteiger partial charge in [-0.05, 0) is 55.8 Å². The Morgan fingerprint density at radius 3 is 2.50 bits per heavy atom. The molecule has 8 nitrogen and oxygen atoms in total. The van der Waals surface area contributed by atoms with Crippen LogP contribution in [0.2, 0.25) is 5.02 Å². The fraction of sp³-hybridized carbons (Fsp3) is 0.273. The highest BCUT2D eigenvalue weighted by atomic mass is 35.5. The van der Waals surface area contributed by atoms with Crippen molar-refractivity contribution in [3.05, 3.63) is 71.5 Å². The second-order valence-electron chi connectivity index (χ2n) is 6.87. The van der Waals surface area contributed by atoms with E-state index in [4.69, 9.17) is 21.1 Å². The Morgan fingerprint density at radius 1 is 1.03 bits per heavy atom. The number of hydrogen-bond acceptors (Lipinski definition) is 7. The monoisotopic (exact) mass is 470 g/mol. The molecule has 0 atom stereocenters. The lowest BCUT2D eigenvalue weighted by atomic mass is 10.2. The fourth-order valence-electron chi connectivity index (χ4n) is 2.99. The quantitative estimate of drug-likeness (QED) is 0.313. The summed E-state index contributed by atoms with van der Waals surface area (Å²) in [6.45, 7) is 5.53. The Kier molecular flexibility index (Phi) is 7.28. The molecule has 0 bridgehead atoms. The van der Waals surface area contributed by atoms with Gasteiger partial charge in [0.15, 0.2) is 11.0 Å². The zero-order valence-electron chi connectivity index (χ0n) is 17.8. The number of thioether (sulfide) groups is 1. The van der Waals surface area contributed by atoms with Crippen LogP contribution in [0.4, 0.5) is 0 Å². The molecule has 2 heterocycles. The van der Waals surface area contributed by atoms with Crippen LogP contribution in [-0.2, 0) is 13.2 Å². The number of benzene rings is 2. The first kappa shape index (κ1) is 22.2. The molecule has 2 aromatic heterocycles. The molecular weight excluding hydrogens is 448 g/mol. The number of nitrogens with zero attached hydrogens (tertiary/aromatic N) is 6. The summed E-state index contributed by atoms with van der Waals surface area (Å²) >= 11 is 7.98. The third-order valence-electron chi connectivity index (χ3n) is 4.63. The van der Waals surface area contributed by atoms with E-state index in [1.807, 2.05) is 60.9 Å². The van der Waals surface area contributed by atoms with E-state index in [0.717, 1.165) is 33.7 Å². The molecule has 0 N–H and O–H groups in total. The minimum Gasteiger partial charge on any atom is -0.494 e. The van der Waals surface area contributed by atoms with Gasteiger partial charge < -0.3 is 9.47 Å². The SMILES string of the molecule is CCOc1ccc(OCc2nnc(SCCn3cncn3)n2-c2ccc(C)c(Cl)c2)cc1. The number of aromatic nitrogens is 6. The molecule has 0 unspecified atom stereocenters. The van der Waals surface area contributed by atoms with Crippen LogP contribution in [0.15, 0.2) is 60.3 Å². The van der Waals surface area contributed by atoms with Gasteiger partial charge in [-0.15, -0.1) is 10.2 Å². The summed E-state index contributed by atoms with van der Waals surface area (Å²) in [6.07, 6.45) is 3.22. The Labute approximate surface area is 195 Å². The van der Waals surface area contributed by atoms with Crippen molar-refractivity contribution in [3.8, 4) is 17.2 Å². The zero-order valence-corrected chi connectivity index (χ0v) is 19.4. The van der Waals surface area contributed by atoms with Crippen LogP contribution in [0, 0.1) is 6.92 Å². The van der Waals surface area contributed by atoms with Crippen molar-refractivity contribution in [2.75, 3.05) is 12.4 Å². The third kappa shape index (κ3) is 5.41. The maximum atomic E-state index is 6.40. The molecule has 166 valence electrons. The van der Waals surface area contributed by atoms with E-state index >= 15 is 0 Å². The van der Waals surface area contributed by atoms with Gasteiger partial charge in [0.25, 0.3) is 0 Å². The first-order valence-corrected chi connectivity index (χ1v) is 11.5. The molecule has 2 aromatic carbocycles. The van der Waals surface area contributed by atoms with Gasteiger partial charge in [0.1, 0.15) is 30.8 Å². The van der Waals surface area contributed by atoms with Gasteiger partial charge in [-0.2, -0.15) is 5.10 Å². The molecule has 0 aliphatic carbocycles. The van der Waals surface area contributed by atoms with Gasteiger partial charge in [0.05, 0.1) is 18.8 Å². The predicted octanol–water partition coefficient (Wildman–Crippen LogP) is 4.59. The first-order valence-electron chi connectivity index (χ1n) is 10.2. The van der Waals surface area contributed by atoms with Crippen LogP contribution in [-0.4, -0.2) is 41.9 Å². The Morgan fingerprint density at radius 2 is 1.81 bits per heavy atom. The van der Waals surface area contributed by atoms with Crippen molar-refractivity contribution < 1.29 is 9.47 Å².